The predicted octanol–water partition coefficient (Wildman–Crippen LogP) is 3.15. The Bertz CT molecular complexity index is 616. The molecule has 2 unspecified atom stereocenters. The number of nitrogens with zero attached hydrogens (tertiary/aromatic N) is 1. The molecule has 2 rings (SSSR count). The summed E-state index contributed by atoms with van der Waals surface area (Å²) in [5, 5.41) is 0. The highest BCUT2D eigenvalue weighted by molar-refractivity contribution is 9.10. The van der Waals surface area contributed by atoms with Gasteiger partial charge in [0.1, 0.15) is 0 Å². The van der Waals surface area contributed by atoms with E-state index in [0.29, 0.717) is 23.0 Å². The van der Waals surface area contributed by atoms with E-state index in [0.717, 1.165) is 22.9 Å². The van der Waals surface area contributed by atoms with Crippen LogP contribution in [0, 0.1) is 12.8 Å². The Morgan fingerprint density at radius 1 is 1.30 bits per heavy atom. The number of halogens is 1. The zero-order chi connectivity index (χ0) is 15.1. The van der Waals surface area contributed by atoms with E-state index in [4.69, 9.17) is 5.73 Å². The van der Waals surface area contributed by atoms with E-state index in [9.17, 15) is 8.42 Å². The highest BCUT2D eigenvalue weighted by atomic mass is 79.9. The Morgan fingerprint density at radius 2 is 1.95 bits per heavy atom. The number of hydrogen-bond acceptors (Lipinski definition) is 3. The van der Waals surface area contributed by atoms with Crippen LogP contribution < -0.4 is 5.73 Å². The van der Waals surface area contributed by atoms with Gasteiger partial charge in [0.25, 0.3) is 0 Å². The lowest BCUT2D eigenvalue weighted by Gasteiger charge is -2.36. The highest BCUT2D eigenvalue weighted by Gasteiger charge is 2.34. The summed E-state index contributed by atoms with van der Waals surface area (Å²) in [5.74, 6) is 0.397. The number of piperidine rings is 1. The monoisotopic (exact) mass is 360 g/mol. The molecule has 6 heteroatoms. The number of benzene rings is 1. The molecular weight excluding hydrogens is 340 g/mol. The van der Waals surface area contributed by atoms with E-state index in [1.165, 1.54) is 0 Å². The fourth-order valence-corrected chi connectivity index (χ4v) is 5.14. The van der Waals surface area contributed by atoms with E-state index in [1.54, 1.807) is 23.4 Å². The molecule has 20 heavy (non-hydrogen) atoms. The lowest BCUT2D eigenvalue weighted by molar-refractivity contribution is 0.218. The molecule has 4 nitrogen and oxygen atoms in total. The Hall–Kier alpha value is -0.590. The Balaban J connectivity index is 2.47. The van der Waals surface area contributed by atoms with Crippen LogP contribution in [0.4, 0.5) is 5.69 Å². The molecule has 0 aliphatic carbocycles. The van der Waals surface area contributed by atoms with E-state index in [1.807, 2.05) is 6.92 Å². The first-order chi connectivity index (χ1) is 9.23. The van der Waals surface area contributed by atoms with Crippen molar-refractivity contribution < 1.29 is 8.42 Å². The summed E-state index contributed by atoms with van der Waals surface area (Å²) in [6, 6.07) is 3.36. The largest absolute Gasteiger partial charge is 0.398 e. The van der Waals surface area contributed by atoms with Crippen LogP contribution in [-0.2, 0) is 10.0 Å². The Morgan fingerprint density at radius 3 is 2.60 bits per heavy atom. The molecule has 1 saturated heterocycles. The van der Waals surface area contributed by atoms with Crippen LogP contribution in [0.15, 0.2) is 21.5 Å². The smallest absolute Gasteiger partial charge is 0.243 e. The second-order valence-electron chi connectivity index (χ2n) is 5.75. The zero-order valence-electron chi connectivity index (χ0n) is 12.1. The molecule has 0 radical (unpaired) electrons. The van der Waals surface area contributed by atoms with Gasteiger partial charge in [-0.2, -0.15) is 4.31 Å². The first-order valence-corrected chi connectivity index (χ1v) is 9.04. The number of nitrogen functional groups attached to an aromatic ring is 1. The molecule has 1 aromatic carbocycles. The van der Waals surface area contributed by atoms with Gasteiger partial charge >= 0.3 is 0 Å². The van der Waals surface area contributed by atoms with Gasteiger partial charge in [0.05, 0.1) is 4.90 Å². The lowest BCUT2D eigenvalue weighted by atomic mass is 9.97. The van der Waals surface area contributed by atoms with Gasteiger partial charge < -0.3 is 5.73 Å². The fourth-order valence-electron chi connectivity index (χ4n) is 2.66. The topological polar surface area (TPSA) is 63.4 Å². The van der Waals surface area contributed by atoms with E-state index in [-0.39, 0.29) is 6.04 Å². The van der Waals surface area contributed by atoms with E-state index >= 15 is 0 Å². The summed E-state index contributed by atoms with van der Waals surface area (Å²) < 4.78 is 28.1. The molecule has 0 saturated carbocycles. The van der Waals surface area contributed by atoms with Gasteiger partial charge in [0.15, 0.2) is 0 Å². The molecule has 112 valence electrons. The van der Waals surface area contributed by atoms with Crippen LogP contribution in [0.2, 0.25) is 0 Å². The Kier molecular flexibility index (Phi) is 4.47. The standard InChI is InChI=1S/C14H21BrN2O2S/c1-9-4-5-11(3)17(8-9)20(18,19)14-7-13(16)12(15)6-10(14)2/h6-7,9,11H,4-5,8,16H2,1-3H3. The van der Waals surface area contributed by atoms with Gasteiger partial charge in [0.2, 0.25) is 10.0 Å². The van der Waals surface area contributed by atoms with Crippen molar-refractivity contribution in [3.63, 3.8) is 0 Å². The van der Waals surface area contributed by atoms with Crippen LogP contribution in [-0.4, -0.2) is 25.3 Å². The second kappa shape index (κ2) is 5.66. The number of sulfonamides is 1. The highest BCUT2D eigenvalue weighted by Crippen LogP contribution is 2.32. The van der Waals surface area contributed by atoms with Crippen molar-refractivity contribution in [2.24, 2.45) is 5.92 Å². The van der Waals surface area contributed by atoms with Crippen LogP contribution in [0.3, 0.4) is 0 Å². The number of rotatable bonds is 2. The third-order valence-electron chi connectivity index (χ3n) is 3.94. The summed E-state index contributed by atoms with van der Waals surface area (Å²) in [6.07, 6.45) is 1.99. The molecule has 1 aromatic rings. The molecule has 2 atom stereocenters. The van der Waals surface area contributed by atoms with Crippen LogP contribution in [0.5, 0.6) is 0 Å². The third-order valence-corrected chi connectivity index (χ3v) is 6.75. The van der Waals surface area contributed by atoms with Crippen molar-refractivity contribution in [1.29, 1.82) is 0 Å². The molecule has 1 aliphatic rings. The van der Waals surface area contributed by atoms with Crippen molar-refractivity contribution in [2.75, 3.05) is 12.3 Å². The number of hydrogen-bond donors (Lipinski definition) is 1. The lowest BCUT2D eigenvalue weighted by Crippen LogP contribution is -2.45. The Labute approximate surface area is 129 Å². The minimum absolute atomic E-state index is 0.0421. The number of aryl methyl sites for hydroxylation is 1. The van der Waals surface area contributed by atoms with Gasteiger partial charge in [-0.1, -0.05) is 6.92 Å². The normalized spacial score (nSPS) is 24.8. The van der Waals surface area contributed by atoms with Crippen molar-refractivity contribution in [3.8, 4) is 0 Å². The molecular formula is C14H21BrN2O2S. The maximum absolute atomic E-state index is 12.9. The molecule has 1 fully saturated rings. The van der Waals surface area contributed by atoms with E-state index < -0.39 is 10.0 Å². The zero-order valence-corrected chi connectivity index (χ0v) is 14.5. The van der Waals surface area contributed by atoms with Crippen LogP contribution in [0.1, 0.15) is 32.3 Å². The van der Waals surface area contributed by atoms with Crippen molar-refractivity contribution in [2.45, 2.75) is 44.6 Å². The molecule has 0 aromatic heterocycles. The molecule has 1 heterocycles. The molecule has 0 spiro atoms. The summed E-state index contributed by atoms with van der Waals surface area (Å²) in [7, 11) is -3.48. The number of anilines is 1. The number of nitrogens with two attached hydrogens (primary N) is 1. The summed E-state index contributed by atoms with van der Waals surface area (Å²) in [5.41, 5.74) is 7.02. The SMILES string of the molecule is Cc1cc(Br)c(N)cc1S(=O)(=O)N1CC(C)CCC1C. The second-order valence-corrected chi connectivity index (χ2v) is 8.46. The van der Waals surface area contributed by atoms with E-state index in [2.05, 4.69) is 22.9 Å². The quantitative estimate of drug-likeness (QED) is 0.823. The maximum Gasteiger partial charge on any atom is 0.243 e. The molecule has 2 N–H and O–H groups in total. The van der Waals surface area contributed by atoms with Gasteiger partial charge in [-0.05, 0) is 66.2 Å². The minimum atomic E-state index is -3.48. The van der Waals surface area contributed by atoms with Gasteiger partial charge in [-0.25, -0.2) is 8.42 Å². The minimum Gasteiger partial charge on any atom is -0.398 e. The fraction of sp³-hybridized carbons (Fsp3) is 0.571. The van der Waals surface area contributed by atoms with Gasteiger partial charge in [-0.15, -0.1) is 0 Å². The van der Waals surface area contributed by atoms with Crippen LogP contribution >= 0.6 is 15.9 Å². The summed E-state index contributed by atoms with van der Waals surface area (Å²) in [4.78, 5) is 0.319. The molecule has 1 aliphatic heterocycles. The summed E-state index contributed by atoms with van der Waals surface area (Å²) in [6.45, 7) is 6.45. The van der Waals surface area contributed by atoms with Crippen molar-refractivity contribution in [1.82, 2.24) is 4.31 Å². The first kappa shape index (κ1) is 15.8. The predicted molar refractivity (Wildman–Crippen MR) is 85.0 cm³/mol. The summed E-state index contributed by atoms with van der Waals surface area (Å²) >= 11 is 3.33. The first-order valence-electron chi connectivity index (χ1n) is 6.81. The average Bonchev–Trinajstić information content (AvgIpc) is 2.36. The van der Waals surface area contributed by atoms with Crippen molar-refractivity contribution >= 4 is 31.6 Å². The van der Waals surface area contributed by atoms with Gasteiger partial charge in [-0.3, -0.25) is 0 Å². The molecule has 0 amide bonds. The molecule has 0 bridgehead atoms. The van der Waals surface area contributed by atoms with Crippen molar-refractivity contribution in [3.05, 3.63) is 22.2 Å². The van der Waals surface area contributed by atoms with Crippen LogP contribution in [0.25, 0.3) is 0 Å². The maximum atomic E-state index is 12.9. The van der Waals surface area contributed by atoms with Gasteiger partial charge in [0, 0.05) is 22.7 Å². The third kappa shape index (κ3) is 2.87. The average molecular weight is 361 g/mol.